The zero-order valence-electron chi connectivity index (χ0n) is 16.7. The van der Waals surface area contributed by atoms with Gasteiger partial charge in [-0.25, -0.2) is 15.0 Å². The fourth-order valence-electron chi connectivity index (χ4n) is 4.01. The summed E-state index contributed by atoms with van der Waals surface area (Å²) in [7, 11) is 0. The van der Waals surface area contributed by atoms with Crippen LogP contribution in [0.4, 0.5) is 5.82 Å². The molecule has 2 N–H and O–H groups in total. The molecule has 0 bridgehead atoms. The molecule has 31 heavy (non-hydrogen) atoms. The van der Waals surface area contributed by atoms with E-state index in [1.807, 2.05) is 17.0 Å². The van der Waals surface area contributed by atoms with E-state index in [0.717, 1.165) is 76.4 Å². The molecule has 1 saturated heterocycles. The molecule has 0 aliphatic carbocycles. The second-order valence-corrected chi connectivity index (χ2v) is 9.56. The lowest BCUT2D eigenvalue weighted by Crippen LogP contribution is -2.32. The maximum absolute atomic E-state index is 11.0. The van der Waals surface area contributed by atoms with Gasteiger partial charge >= 0.3 is 0 Å². The van der Waals surface area contributed by atoms with Gasteiger partial charge in [-0.2, -0.15) is 0 Å². The molecule has 4 aromatic rings. The maximum atomic E-state index is 11.0. The lowest BCUT2D eigenvalue weighted by Gasteiger charge is -2.29. The molecule has 1 amide bonds. The molecular weight excluding hydrogens is 480 g/mol. The molecule has 0 radical (unpaired) electrons. The number of benzene rings is 1. The zero-order valence-corrected chi connectivity index (χ0v) is 19.1. The molecule has 0 atom stereocenters. The van der Waals surface area contributed by atoms with Crippen LogP contribution in [0, 0.1) is 5.92 Å². The molecule has 1 fully saturated rings. The molecule has 1 aliphatic rings. The van der Waals surface area contributed by atoms with Crippen molar-refractivity contribution in [2.75, 3.05) is 18.8 Å². The molecule has 8 nitrogen and oxygen atoms in total. The molecule has 0 saturated carbocycles. The number of halogens is 1. The number of hydrogen-bond donors (Lipinski definition) is 1. The lowest BCUT2D eigenvalue weighted by molar-refractivity contribution is -0.119. The number of nitrogen functional groups attached to an aromatic ring is 1. The lowest BCUT2D eigenvalue weighted by atomic mass is 9.94. The van der Waals surface area contributed by atoms with E-state index < -0.39 is 0 Å². The predicted molar refractivity (Wildman–Crippen MR) is 123 cm³/mol. The summed E-state index contributed by atoms with van der Waals surface area (Å²) in [6.45, 7) is 2.44. The van der Waals surface area contributed by atoms with Gasteiger partial charge in [0.15, 0.2) is 22.1 Å². The standard InChI is InChI=1S/C21H21BrN6O2S/c22-15-10-16-14(4-8-30-16)9-17(15)31-21-26-18-19(23)24-11-25-20(18)28(21)7-3-13-1-5-27(12-29)6-2-13/h4,8-13H,1-3,5-7H2,(H2,23,24,25). The van der Waals surface area contributed by atoms with Crippen LogP contribution in [0.3, 0.4) is 0 Å². The van der Waals surface area contributed by atoms with Crippen LogP contribution < -0.4 is 5.73 Å². The maximum Gasteiger partial charge on any atom is 0.209 e. The number of rotatable bonds is 6. The smallest absolute Gasteiger partial charge is 0.209 e. The second-order valence-electron chi connectivity index (χ2n) is 7.69. The number of furan rings is 1. The van der Waals surface area contributed by atoms with Crippen LogP contribution >= 0.6 is 27.7 Å². The molecule has 160 valence electrons. The van der Waals surface area contributed by atoms with Crippen molar-refractivity contribution in [1.82, 2.24) is 24.4 Å². The highest BCUT2D eigenvalue weighted by Crippen LogP contribution is 2.38. The number of nitrogens with two attached hydrogens (primary N) is 1. The molecule has 10 heteroatoms. The number of imidazole rings is 1. The summed E-state index contributed by atoms with van der Waals surface area (Å²) in [4.78, 5) is 27.2. The van der Waals surface area contributed by atoms with Crippen LogP contribution in [0.2, 0.25) is 0 Å². The van der Waals surface area contributed by atoms with Crippen LogP contribution in [0.15, 0.2) is 49.7 Å². The summed E-state index contributed by atoms with van der Waals surface area (Å²) >= 11 is 5.22. The van der Waals surface area contributed by atoms with Crippen LogP contribution in [0.1, 0.15) is 19.3 Å². The predicted octanol–water partition coefficient (Wildman–Crippen LogP) is 4.33. The monoisotopic (exact) mass is 500 g/mol. The quantitative estimate of drug-likeness (QED) is 0.393. The normalized spacial score (nSPS) is 15.2. The number of piperidine rings is 1. The van der Waals surface area contributed by atoms with E-state index in [2.05, 4.69) is 36.5 Å². The molecule has 1 aliphatic heterocycles. The summed E-state index contributed by atoms with van der Waals surface area (Å²) in [5.41, 5.74) is 8.31. The van der Waals surface area contributed by atoms with Gasteiger partial charge in [0.25, 0.3) is 0 Å². The Morgan fingerprint density at radius 2 is 2.13 bits per heavy atom. The topological polar surface area (TPSA) is 103 Å². The minimum Gasteiger partial charge on any atom is -0.464 e. The molecule has 0 unspecified atom stereocenters. The Kier molecular flexibility index (Phi) is 5.58. The number of anilines is 1. The molecule has 4 heterocycles. The summed E-state index contributed by atoms with van der Waals surface area (Å²) in [6.07, 6.45) is 7.16. The van der Waals surface area contributed by atoms with E-state index in [1.54, 1.807) is 18.0 Å². The van der Waals surface area contributed by atoms with E-state index in [0.29, 0.717) is 17.3 Å². The number of aromatic nitrogens is 4. The first-order valence-corrected chi connectivity index (χ1v) is 11.7. The Hall–Kier alpha value is -2.59. The van der Waals surface area contributed by atoms with Crippen molar-refractivity contribution in [1.29, 1.82) is 0 Å². The first-order valence-electron chi connectivity index (χ1n) is 10.1. The number of hydrogen-bond acceptors (Lipinski definition) is 7. The van der Waals surface area contributed by atoms with Gasteiger partial charge in [0, 0.05) is 34.4 Å². The van der Waals surface area contributed by atoms with Gasteiger partial charge in [-0.15, -0.1) is 0 Å². The average molecular weight is 501 g/mol. The van der Waals surface area contributed by atoms with Crippen molar-refractivity contribution in [2.45, 2.75) is 35.9 Å². The molecule has 3 aromatic heterocycles. The van der Waals surface area contributed by atoms with Crippen molar-refractivity contribution in [3.8, 4) is 0 Å². The Morgan fingerprint density at radius 1 is 1.29 bits per heavy atom. The fourth-order valence-corrected chi connectivity index (χ4v) is 5.54. The number of fused-ring (bicyclic) bond motifs is 2. The third kappa shape index (κ3) is 4.01. The van der Waals surface area contributed by atoms with Crippen LogP contribution in [-0.2, 0) is 11.3 Å². The Bertz CT molecular complexity index is 1250. The number of nitrogens with zero attached hydrogens (tertiary/aromatic N) is 5. The summed E-state index contributed by atoms with van der Waals surface area (Å²) in [5, 5.41) is 1.87. The minimum absolute atomic E-state index is 0.384. The SMILES string of the molecule is Nc1ncnc2c1nc(Sc1cc3ccoc3cc1Br)n2CCC1CCN(C=O)CC1. The van der Waals surface area contributed by atoms with Crippen molar-refractivity contribution in [3.05, 3.63) is 35.3 Å². The number of amides is 1. The van der Waals surface area contributed by atoms with Crippen LogP contribution in [0.25, 0.3) is 22.1 Å². The third-order valence-corrected chi connectivity index (χ3v) is 7.76. The molecular formula is C21H21BrN6O2S. The first-order chi connectivity index (χ1) is 15.1. The van der Waals surface area contributed by atoms with Crippen molar-refractivity contribution in [3.63, 3.8) is 0 Å². The number of likely N-dealkylation sites (tertiary alicyclic amines) is 1. The highest BCUT2D eigenvalue weighted by molar-refractivity contribution is 9.10. The number of aryl methyl sites for hydroxylation is 1. The number of carbonyl (C=O) groups excluding carboxylic acids is 1. The van der Waals surface area contributed by atoms with Gasteiger partial charge in [0.1, 0.15) is 11.9 Å². The summed E-state index contributed by atoms with van der Waals surface area (Å²) in [5.74, 6) is 0.953. The second kappa shape index (κ2) is 8.51. The van der Waals surface area contributed by atoms with Crippen LogP contribution in [-0.4, -0.2) is 43.9 Å². The van der Waals surface area contributed by atoms with Gasteiger partial charge < -0.3 is 19.6 Å². The van der Waals surface area contributed by atoms with Gasteiger partial charge in [0.05, 0.1) is 6.26 Å². The highest BCUT2D eigenvalue weighted by Gasteiger charge is 2.21. The van der Waals surface area contributed by atoms with Gasteiger partial charge in [0.2, 0.25) is 6.41 Å². The van der Waals surface area contributed by atoms with E-state index in [9.17, 15) is 4.79 Å². The molecule has 1 aromatic carbocycles. The van der Waals surface area contributed by atoms with E-state index in [1.165, 1.54) is 6.33 Å². The summed E-state index contributed by atoms with van der Waals surface area (Å²) in [6, 6.07) is 6.01. The Morgan fingerprint density at radius 3 is 2.94 bits per heavy atom. The van der Waals surface area contributed by atoms with E-state index >= 15 is 0 Å². The average Bonchev–Trinajstić information content (AvgIpc) is 3.37. The largest absolute Gasteiger partial charge is 0.464 e. The third-order valence-electron chi connectivity index (χ3n) is 5.79. The van der Waals surface area contributed by atoms with E-state index in [4.69, 9.17) is 15.1 Å². The van der Waals surface area contributed by atoms with E-state index in [-0.39, 0.29) is 0 Å². The zero-order chi connectivity index (χ0) is 21.4. The summed E-state index contributed by atoms with van der Waals surface area (Å²) < 4.78 is 8.57. The minimum atomic E-state index is 0.384. The number of carbonyl (C=O) groups is 1. The first kappa shape index (κ1) is 20.3. The van der Waals surface area contributed by atoms with Crippen molar-refractivity contribution in [2.24, 2.45) is 5.92 Å². The van der Waals surface area contributed by atoms with Gasteiger partial charge in [-0.1, -0.05) is 11.8 Å². The Balaban J connectivity index is 1.45. The van der Waals surface area contributed by atoms with Gasteiger partial charge in [-0.05, 0) is 59.3 Å². The Labute approximate surface area is 191 Å². The van der Waals surface area contributed by atoms with Crippen molar-refractivity contribution >= 4 is 62.1 Å². The highest BCUT2D eigenvalue weighted by atomic mass is 79.9. The molecule has 5 rings (SSSR count). The van der Waals surface area contributed by atoms with Crippen LogP contribution in [0.5, 0.6) is 0 Å². The van der Waals surface area contributed by atoms with Gasteiger partial charge in [-0.3, -0.25) is 4.79 Å². The van der Waals surface area contributed by atoms with Crippen molar-refractivity contribution < 1.29 is 9.21 Å². The fraction of sp³-hybridized carbons (Fsp3) is 0.333. The molecule has 0 spiro atoms.